The lowest BCUT2D eigenvalue weighted by Crippen LogP contribution is -2.25. The molecule has 94 valence electrons. The molecule has 0 aliphatic carbocycles. The molecular weight excluding hydrogens is 264 g/mol. The molecule has 0 N–H and O–H groups in total. The molecule has 0 radical (unpaired) electrons. The van der Waals surface area contributed by atoms with Crippen LogP contribution in [0.1, 0.15) is 12.8 Å². The van der Waals surface area contributed by atoms with Crippen molar-refractivity contribution in [2.75, 3.05) is 13.2 Å². The lowest BCUT2D eigenvalue weighted by Gasteiger charge is -2.23. The molecule has 0 unspecified atom stereocenters. The Morgan fingerprint density at radius 1 is 1.29 bits per heavy atom. The van der Waals surface area contributed by atoms with Crippen molar-refractivity contribution in [3.05, 3.63) is 24.3 Å². The number of ether oxygens (including phenoxy) is 2. The van der Waals surface area contributed by atoms with Gasteiger partial charge in [0.15, 0.2) is 0 Å². The third-order valence-corrected chi connectivity index (χ3v) is 3.91. The molecule has 4 nitrogen and oxygen atoms in total. The van der Waals surface area contributed by atoms with Crippen LogP contribution in [0.3, 0.4) is 0 Å². The molecule has 1 heterocycles. The molecule has 1 aromatic carbocycles. The average molecular weight is 277 g/mol. The standard InChI is InChI=1S/C11H13ClO4S/c12-17(13,14)11-3-1-2-10(8-11)16-9-4-6-15-7-5-9/h1-3,8-9H,4-7H2. The van der Waals surface area contributed by atoms with Gasteiger partial charge in [-0.2, -0.15) is 0 Å². The van der Waals surface area contributed by atoms with E-state index in [1.54, 1.807) is 12.1 Å². The van der Waals surface area contributed by atoms with Crippen molar-refractivity contribution in [1.82, 2.24) is 0 Å². The highest BCUT2D eigenvalue weighted by Crippen LogP contribution is 2.23. The second kappa shape index (κ2) is 5.25. The maximum absolute atomic E-state index is 11.2. The number of hydrogen-bond donors (Lipinski definition) is 0. The first-order valence-corrected chi connectivity index (χ1v) is 7.66. The van der Waals surface area contributed by atoms with Crippen molar-refractivity contribution >= 4 is 19.7 Å². The second-order valence-corrected chi connectivity index (χ2v) is 6.41. The van der Waals surface area contributed by atoms with Gasteiger partial charge in [-0.15, -0.1) is 0 Å². The van der Waals surface area contributed by atoms with E-state index in [1.807, 2.05) is 0 Å². The van der Waals surface area contributed by atoms with Crippen molar-refractivity contribution < 1.29 is 17.9 Å². The van der Waals surface area contributed by atoms with E-state index >= 15 is 0 Å². The average Bonchev–Trinajstić information content (AvgIpc) is 2.29. The van der Waals surface area contributed by atoms with E-state index in [-0.39, 0.29) is 11.0 Å². The fourth-order valence-corrected chi connectivity index (χ4v) is 2.47. The summed E-state index contributed by atoms with van der Waals surface area (Å²) in [4.78, 5) is 0.0590. The van der Waals surface area contributed by atoms with Gasteiger partial charge in [-0.25, -0.2) is 8.42 Å². The van der Waals surface area contributed by atoms with Crippen LogP contribution in [0.25, 0.3) is 0 Å². The summed E-state index contributed by atoms with van der Waals surface area (Å²) >= 11 is 0. The Balaban J connectivity index is 2.11. The molecule has 0 saturated carbocycles. The lowest BCUT2D eigenvalue weighted by atomic mass is 10.1. The van der Waals surface area contributed by atoms with Crippen molar-refractivity contribution in [3.63, 3.8) is 0 Å². The molecule has 0 amide bonds. The smallest absolute Gasteiger partial charge is 0.261 e. The Morgan fingerprint density at radius 3 is 2.65 bits per heavy atom. The van der Waals surface area contributed by atoms with Gasteiger partial charge in [0.1, 0.15) is 11.9 Å². The SMILES string of the molecule is O=S(=O)(Cl)c1cccc(OC2CCOCC2)c1. The maximum Gasteiger partial charge on any atom is 0.261 e. The van der Waals surface area contributed by atoms with Crippen LogP contribution in [0, 0.1) is 0 Å². The van der Waals surface area contributed by atoms with Crippen molar-refractivity contribution in [2.24, 2.45) is 0 Å². The lowest BCUT2D eigenvalue weighted by molar-refractivity contribution is 0.0255. The summed E-state index contributed by atoms with van der Waals surface area (Å²) in [5.41, 5.74) is 0. The zero-order valence-corrected chi connectivity index (χ0v) is 10.7. The molecule has 17 heavy (non-hydrogen) atoms. The fraction of sp³-hybridized carbons (Fsp3) is 0.455. The van der Waals surface area contributed by atoms with E-state index in [1.165, 1.54) is 12.1 Å². The molecule has 1 saturated heterocycles. The summed E-state index contributed by atoms with van der Waals surface area (Å²) in [6, 6.07) is 6.22. The highest BCUT2D eigenvalue weighted by atomic mass is 35.7. The van der Waals surface area contributed by atoms with Crippen LogP contribution in [0.2, 0.25) is 0 Å². The molecule has 1 aromatic rings. The van der Waals surface area contributed by atoms with Crippen molar-refractivity contribution in [3.8, 4) is 5.75 Å². The summed E-state index contributed by atoms with van der Waals surface area (Å²) in [6.45, 7) is 1.36. The number of halogens is 1. The summed E-state index contributed by atoms with van der Waals surface area (Å²) < 4.78 is 33.2. The summed E-state index contributed by atoms with van der Waals surface area (Å²) in [5, 5.41) is 0. The van der Waals surface area contributed by atoms with Crippen LogP contribution in [0.15, 0.2) is 29.2 Å². The van der Waals surface area contributed by atoms with E-state index in [4.69, 9.17) is 20.2 Å². The minimum atomic E-state index is -3.70. The molecule has 2 rings (SSSR count). The van der Waals surface area contributed by atoms with Crippen LogP contribution in [-0.4, -0.2) is 27.7 Å². The highest BCUT2D eigenvalue weighted by Gasteiger charge is 2.16. The highest BCUT2D eigenvalue weighted by molar-refractivity contribution is 8.13. The third-order valence-electron chi connectivity index (χ3n) is 2.56. The van der Waals surface area contributed by atoms with Gasteiger partial charge in [-0.3, -0.25) is 0 Å². The normalized spacial score (nSPS) is 17.9. The molecule has 0 spiro atoms. The van der Waals surface area contributed by atoms with Gasteiger partial charge in [0.25, 0.3) is 9.05 Å². The van der Waals surface area contributed by atoms with Gasteiger partial charge in [-0.05, 0) is 12.1 Å². The molecular formula is C11H13ClO4S. The largest absolute Gasteiger partial charge is 0.490 e. The number of benzene rings is 1. The predicted octanol–water partition coefficient (Wildman–Crippen LogP) is 2.17. The fourth-order valence-electron chi connectivity index (χ4n) is 1.69. The Morgan fingerprint density at radius 2 is 2.00 bits per heavy atom. The first kappa shape index (κ1) is 12.7. The third kappa shape index (κ3) is 3.59. The van der Waals surface area contributed by atoms with Gasteiger partial charge >= 0.3 is 0 Å². The van der Waals surface area contributed by atoms with Gasteiger partial charge in [-0.1, -0.05) is 6.07 Å². The summed E-state index contributed by atoms with van der Waals surface area (Å²) in [5.74, 6) is 0.527. The van der Waals surface area contributed by atoms with Gasteiger partial charge < -0.3 is 9.47 Å². The molecule has 0 bridgehead atoms. The zero-order valence-electron chi connectivity index (χ0n) is 9.13. The Hall–Kier alpha value is -0.780. The minimum Gasteiger partial charge on any atom is -0.490 e. The van der Waals surface area contributed by atoms with Crippen LogP contribution >= 0.6 is 10.7 Å². The Labute approximate surface area is 105 Å². The Bertz CT molecular complexity index is 480. The molecule has 1 aliphatic rings. The van der Waals surface area contributed by atoms with Crippen molar-refractivity contribution in [1.29, 1.82) is 0 Å². The maximum atomic E-state index is 11.2. The summed E-state index contributed by atoms with van der Waals surface area (Å²) in [7, 11) is 1.57. The quantitative estimate of drug-likeness (QED) is 0.794. The second-order valence-electron chi connectivity index (χ2n) is 3.84. The van der Waals surface area contributed by atoms with Gasteiger partial charge in [0.05, 0.1) is 18.1 Å². The molecule has 0 atom stereocenters. The number of rotatable bonds is 3. The van der Waals surface area contributed by atoms with Gasteiger partial charge in [0, 0.05) is 29.6 Å². The zero-order chi connectivity index (χ0) is 12.3. The first-order valence-electron chi connectivity index (χ1n) is 5.35. The molecule has 1 aliphatic heterocycles. The van der Waals surface area contributed by atoms with E-state index in [0.29, 0.717) is 19.0 Å². The van der Waals surface area contributed by atoms with E-state index in [2.05, 4.69) is 0 Å². The van der Waals surface area contributed by atoms with Crippen LogP contribution in [0.4, 0.5) is 0 Å². The molecule has 6 heteroatoms. The van der Waals surface area contributed by atoms with E-state index in [9.17, 15) is 8.42 Å². The van der Waals surface area contributed by atoms with E-state index < -0.39 is 9.05 Å². The van der Waals surface area contributed by atoms with Crippen LogP contribution in [0.5, 0.6) is 5.75 Å². The van der Waals surface area contributed by atoms with Crippen LogP contribution in [-0.2, 0) is 13.8 Å². The minimum absolute atomic E-state index is 0.0590. The monoisotopic (exact) mass is 276 g/mol. The summed E-state index contributed by atoms with van der Waals surface area (Å²) in [6.07, 6.45) is 1.72. The first-order chi connectivity index (χ1) is 8.05. The topological polar surface area (TPSA) is 52.6 Å². The van der Waals surface area contributed by atoms with Crippen LogP contribution < -0.4 is 4.74 Å². The molecule has 1 fully saturated rings. The van der Waals surface area contributed by atoms with Crippen molar-refractivity contribution in [2.45, 2.75) is 23.8 Å². The molecule has 0 aromatic heterocycles. The van der Waals surface area contributed by atoms with Gasteiger partial charge in [0.2, 0.25) is 0 Å². The van der Waals surface area contributed by atoms with E-state index in [0.717, 1.165) is 12.8 Å². The number of hydrogen-bond acceptors (Lipinski definition) is 4. The predicted molar refractivity (Wildman–Crippen MR) is 63.9 cm³/mol. The Kier molecular flexibility index (Phi) is 3.91.